The number of nitrogens with one attached hydrogen (secondary N) is 2. The number of benzene rings is 3. The average Bonchev–Trinajstić information content (AvgIpc) is 3.46. The van der Waals surface area contributed by atoms with Gasteiger partial charge in [-0.15, -0.1) is 0 Å². The minimum absolute atomic E-state index is 0.276. The molecule has 0 spiro atoms. The van der Waals surface area contributed by atoms with Crippen LogP contribution in [0.1, 0.15) is 61.0 Å². The van der Waals surface area contributed by atoms with E-state index in [0.717, 1.165) is 48.2 Å². The molecule has 226 valence electrons. The fourth-order valence-electron chi connectivity index (χ4n) is 5.57. The predicted octanol–water partition coefficient (Wildman–Crippen LogP) is 6.57. The summed E-state index contributed by atoms with van der Waals surface area (Å²) in [7, 11) is -3.72. The third-order valence-corrected chi connectivity index (χ3v) is 9.38. The summed E-state index contributed by atoms with van der Waals surface area (Å²) in [4.78, 5) is 6.61. The first kappa shape index (κ1) is 30.7. The number of hydrogen-bond donors (Lipinski definition) is 3. The zero-order chi connectivity index (χ0) is 30.1. The highest BCUT2D eigenvalue weighted by Crippen LogP contribution is 2.36. The quantitative estimate of drug-likeness (QED) is 0.134. The molecule has 8 heteroatoms. The van der Waals surface area contributed by atoms with Crippen molar-refractivity contribution in [2.24, 2.45) is 0 Å². The van der Waals surface area contributed by atoms with E-state index < -0.39 is 16.1 Å². The van der Waals surface area contributed by atoms with Crippen LogP contribution in [-0.4, -0.2) is 38.1 Å². The van der Waals surface area contributed by atoms with E-state index in [-0.39, 0.29) is 4.90 Å². The number of aliphatic hydroxyl groups is 1. The van der Waals surface area contributed by atoms with Crippen molar-refractivity contribution in [3.63, 3.8) is 0 Å². The van der Waals surface area contributed by atoms with Gasteiger partial charge in [-0.1, -0.05) is 56.5 Å². The molecule has 2 heterocycles. The molecule has 3 aromatic carbocycles. The number of fused-ring (bicyclic) bond motifs is 1. The Morgan fingerprint density at radius 3 is 2.58 bits per heavy atom. The largest absolute Gasteiger partial charge is 0.387 e. The molecule has 0 unspecified atom stereocenters. The number of sulfonamides is 1. The normalized spacial score (nSPS) is 13.6. The zero-order valence-corrected chi connectivity index (χ0v) is 25.7. The number of aryl methyl sites for hydroxylation is 1. The molecule has 7 nitrogen and oxygen atoms in total. The molecule has 0 saturated heterocycles. The summed E-state index contributed by atoms with van der Waals surface area (Å²) in [6, 6.07) is 25.3. The Balaban J connectivity index is 1.15. The van der Waals surface area contributed by atoms with E-state index in [0.29, 0.717) is 18.8 Å². The number of pyridine rings is 1. The van der Waals surface area contributed by atoms with Crippen LogP contribution in [0.15, 0.2) is 96.2 Å². The maximum Gasteiger partial charge on any atom is 0.261 e. The van der Waals surface area contributed by atoms with Crippen LogP contribution in [0.3, 0.4) is 0 Å². The van der Waals surface area contributed by atoms with Crippen molar-refractivity contribution in [3.05, 3.63) is 114 Å². The molecule has 1 aliphatic heterocycles. The van der Waals surface area contributed by atoms with Crippen LogP contribution in [0.25, 0.3) is 0 Å². The number of aromatic nitrogens is 1. The van der Waals surface area contributed by atoms with Crippen LogP contribution in [0.4, 0.5) is 17.1 Å². The molecular weight excluding hydrogens is 556 g/mol. The van der Waals surface area contributed by atoms with E-state index in [1.54, 1.807) is 30.6 Å². The molecule has 5 rings (SSSR count). The molecule has 0 bridgehead atoms. The summed E-state index contributed by atoms with van der Waals surface area (Å²) in [6.45, 7) is 4.20. The zero-order valence-electron chi connectivity index (χ0n) is 24.9. The Labute approximate surface area is 256 Å². The number of unbranched alkanes of at least 4 members (excludes halogenated alkanes) is 3. The Hall–Kier alpha value is -3.72. The van der Waals surface area contributed by atoms with Gasteiger partial charge in [-0.2, -0.15) is 0 Å². The summed E-state index contributed by atoms with van der Waals surface area (Å²) < 4.78 is 29.3. The molecule has 0 saturated carbocycles. The van der Waals surface area contributed by atoms with Gasteiger partial charge in [-0.3, -0.25) is 9.71 Å². The second-order valence-corrected chi connectivity index (χ2v) is 12.9. The third-order valence-electron chi connectivity index (χ3n) is 8.00. The molecule has 1 aliphatic rings. The van der Waals surface area contributed by atoms with Gasteiger partial charge < -0.3 is 15.3 Å². The first-order valence-corrected chi connectivity index (χ1v) is 16.8. The van der Waals surface area contributed by atoms with Crippen molar-refractivity contribution in [1.82, 2.24) is 10.3 Å². The average molecular weight is 599 g/mol. The first-order valence-electron chi connectivity index (χ1n) is 15.3. The van der Waals surface area contributed by atoms with E-state index in [2.05, 4.69) is 51.1 Å². The summed E-state index contributed by atoms with van der Waals surface area (Å²) >= 11 is 0. The van der Waals surface area contributed by atoms with Crippen LogP contribution in [0.5, 0.6) is 0 Å². The van der Waals surface area contributed by atoms with Gasteiger partial charge in [-0.05, 0) is 97.4 Å². The van der Waals surface area contributed by atoms with Gasteiger partial charge >= 0.3 is 0 Å². The van der Waals surface area contributed by atoms with Gasteiger partial charge in [0.15, 0.2) is 0 Å². The lowest BCUT2D eigenvalue weighted by molar-refractivity contribution is 0.174. The van der Waals surface area contributed by atoms with Gasteiger partial charge in [0.2, 0.25) is 0 Å². The van der Waals surface area contributed by atoms with Gasteiger partial charge in [0.1, 0.15) is 0 Å². The smallest absolute Gasteiger partial charge is 0.261 e. The SMILES string of the molecule is CCCCCCc1cccc(N2CCc3cc(S(=O)(=O)Nc4ccc(CCNC[C@H](O)c5cccnc5)cc4)ccc32)c1. The molecule has 1 aromatic heterocycles. The van der Waals surface area contributed by atoms with Gasteiger partial charge in [0, 0.05) is 48.1 Å². The summed E-state index contributed by atoms with van der Waals surface area (Å²) in [5.41, 5.74) is 7.04. The molecule has 0 aliphatic carbocycles. The number of nitrogens with zero attached hydrogens (tertiary/aromatic N) is 2. The highest BCUT2D eigenvalue weighted by molar-refractivity contribution is 7.92. The van der Waals surface area contributed by atoms with E-state index in [4.69, 9.17) is 0 Å². The molecule has 0 fully saturated rings. The maximum atomic E-state index is 13.3. The van der Waals surface area contributed by atoms with Crippen molar-refractivity contribution >= 4 is 27.1 Å². The van der Waals surface area contributed by atoms with Crippen LogP contribution < -0.4 is 14.9 Å². The fourth-order valence-corrected chi connectivity index (χ4v) is 6.67. The summed E-state index contributed by atoms with van der Waals surface area (Å²) in [5.74, 6) is 0. The molecular formula is C35H42N4O3S. The lowest BCUT2D eigenvalue weighted by Crippen LogP contribution is -2.23. The van der Waals surface area contributed by atoms with Crippen molar-refractivity contribution < 1.29 is 13.5 Å². The molecule has 43 heavy (non-hydrogen) atoms. The third kappa shape index (κ3) is 8.22. The lowest BCUT2D eigenvalue weighted by atomic mass is 10.1. The summed E-state index contributed by atoms with van der Waals surface area (Å²) in [6.07, 6.45) is 10.4. The van der Waals surface area contributed by atoms with E-state index in [9.17, 15) is 13.5 Å². The van der Waals surface area contributed by atoms with Crippen molar-refractivity contribution in [2.75, 3.05) is 29.3 Å². The van der Waals surface area contributed by atoms with Crippen LogP contribution >= 0.6 is 0 Å². The Bertz CT molecular complexity index is 1580. The number of hydrogen-bond acceptors (Lipinski definition) is 6. The molecule has 0 radical (unpaired) electrons. The van der Waals surface area contributed by atoms with E-state index in [1.165, 1.54) is 36.9 Å². The Kier molecular flexibility index (Phi) is 10.5. The van der Waals surface area contributed by atoms with Crippen LogP contribution in [-0.2, 0) is 29.3 Å². The minimum atomic E-state index is -3.72. The van der Waals surface area contributed by atoms with E-state index in [1.807, 2.05) is 36.4 Å². The fraction of sp³-hybridized carbons (Fsp3) is 0.343. The van der Waals surface area contributed by atoms with Crippen LogP contribution in [0.2, 0.25) is 0 Å². The Morgan fingerprint density at radius 1 is 0.930 bits per heavy atom. The predicted molar refractivity (Wildman–Crippen MR) is 174 cm³/mol. The van der Waals surface area contributed by atoms with Crippen LogP contribution in [0, 0.1) is 0 Å². The highest BCUT2D eigenvalue weighted by Gasteiger charge is 2.24. The van der Waals surface area contributed by atoms with Crippen molar-refractivity contribution in [3.8, 4) is 0 Å². The monoisotopic (exact) mass is 598 g/mol. The van der Waals surface area contributed by atoms with Gasteiger partial charge in [0.05, 0.1) is 11.0 Å². The maximum absolute atomic E-state index is 13.3. The molecule has 4 aromatic rings. The first-order chi connectivity index (χ1) is 20.9. The molecule has 1 atom stereocenters. The molecule has 0 amide bonds. The number of aliphatic hydroxyl groups excluding tert-OH is 1. The van der Waals surface area contributed by atoms with Crippen molar-refractivity contribution in [1.29, 1.82) is 0 Å². The standard InChI is InChI=1S/C35H42N4O3S/c1-2-3-4-5-8-28-9-6-11-32(23-28)39-22-19-29-24-33(16-17-34(29)39)43(41,42)38-31-14-12-27(13-15-31)18-21-37-26-35(40)30-10-7-20-36-25-30/h6-7,9-17,20,23-25,35,37-38,40H,2-5,8,18-19,21-22,26H2,1H3/t35-/m0/s1. The number of rotatable bonds is 15. The lowest BCUT2D eigenvalue weighted by Gasteiger charge is -2.21. The summed E-state index contributed by atoms with van der Waals surface area (Å²) in [5, 5.41) is 13.5. The van der Waals surface area contributed by atoms with Crippen molar-refractivity contribution in [2.45, 2.75) is 62.9 Å². The highest BCUT2D eigenvalue weighted by atomic mass is 32.2. The second-order valence-electron chi connectivity index (χ2n) is 11.2. The number of anilines is 3. The van der Waals surface area contributed by atoms with Gasteiger partial charge in [-0.25, -0.2) is 8.42 Å². The molecule has 3 N–H and O–H groups in total. The second kappa shape index (κ2) is 14.6. The van der Waals surface area contributed by atoms with Gasteiger partial charge in [0.25, 0.3) is 10.0 Å². The van der Waals surface area contributed by atoms with E-state index >= 15 is 0 Å². The topological polar surface area (TPSA) is 94.6 Å². The minimum Gasteiger partial charge on any atom is -0.387 e. The Morgan fingerprint density at radius 2 is 1.79 bits per heavy atom.